The molecular formula is C14H19NO. The summed E-state index contributed by atoms with van der Waals surface area (Å²) < 4.78 is 0. The highest BCUT2D eigenvalue weighted by Crippen LogP contribution is 2.34. The lowest BCUT2D eigenvalue weighted by atomic mass is 9.83. The molecule has 1 aliphatic rings. The van der Waals surface area contributed by atoms with Crippen LogP contribution in [0.3, 0.4) is 0 Å². The van der Waals surface area contributed by atoms with Gasteiger partial charge in [-0.3, -0.25) is 0 Å². The number of nitrogens with zero attached hydrogens (tertiary/aromatic N) is 1. The Hall–Kier alpha value is -1.40. The second-order valence-electron chi connectivity index (χ2n) is 4.24. The van der Waals surface area contributed by atoms with E-state index >= 15 is 0 Å². The third-order valence-electron chi connectivity index (χ3n) is 3.00. The summed E-state index contributed by atoms with van der Waals surface area (Å²) in [5, 5.41) is 2.89. The van der Waals surface area contributed by atoms with Crippen molar-refractivity contribution >= 4 is 0 Å². The largest absolute Gasteiger partial charge is 0.151 e. The van der Waals surface area contributed by atoms with E-state index in [1.165, 1.54) is 22.3 Å². The molecule has 0 spiro atoms. The highest BCUT2D eigenvalue weighted by atomic mass is 16.3. The summed E-state index contributed by atoms with van der Waals surface area (Å²) in [4.78, 5) is 10.0. The highest BCUT2D eigenvalue weighted by Gasteiger charge is 2.15. The molecular weight excluding hydrogens is 198 g/mol. The van der Waals surface area contributed by atoms with Crippen molar-refractivity contribution in [2.24, 2.45) is 5.18 Å². The Morgan fingerprint density at radius 2 is 2.25 bits per heavy atom. The van der Waals surface area contributed by atoms with Crippen LogP contribution in [0.25, 0.3) is 0 Å². The van der Waals surface area contributed by atoms with E-state index in [1.54, 1.807) is 0 Å². The van der Waals surface area contributed by atoms with E-state index in [4.69, 9.17) is 0 Å². The molecule has 0 bridgehead atoms. The molecule has 86 valence electrons. The van der Waals surface area contributed by atoms with Crippen LogP contribution in [0.4, 0.5) is 0 Å². The molecule has 0 aromatic rings. The molecule has 0 unspecified atom stereocenters. The first kappa shape index (κ1) is 12.7. The van der Waals surface area contributed by atoms with Gasteiger partial charge in [0.1, 0.15) is 0 Å². The van der Waals surface area contributed by atoms with Crippen molar-refractivity contribution in [2.75, 3.05) is 6.54 Å². The minimum atomic E-state index is 0.426. The van der Waals surface area contributed by atoms with Crippen molar-refractivity contribution < 1.29 is 0 Å². The van der Waals surface area contributed by atoms with E-state index in [0.29, 0.717) is 6.54 Å². The number of hydrogen-bond acceptors (Lipinski definition) is 2. The van der Waals surface area contributed by atoms with Crippen LogP contribution in [0, 0.1) is 4.91 Å². The predicted octanol–water partition coefficient (Wildman–Crippen LogP) is 4.30. The van der Waals surface area contributed by atoms with Gasteiger partial charge in [-0.1, -0.05) is 17.8 Å². The smallest absolute Gasteiger partial charge is 0.0814 e. The van der Waals surface area contributed by atoms with E-state index in [-0.39, 0.29) is 0 Å². The first-order valence-electron chi connectivity index (χ1n) is 5.74. The second-order valence-corrected chi connectivity index (χ2v) is 4.24. The van der Waals surface area contributed by atoms with Gasteiger partial charge in [0, 0.05) is 0 Å². The zero-order valence-corrected chi connectivity index (χ0v) is 10.2. The van der Waals surface area contributed by atoms with E-state index in [9.17, 15) is 4.91 Å². The van der Waals surface area contributed by atoms with E-state index in [2.05, 4.69) is 37.4 Å². The molecule has 0 aromatic heterocycles. The Balaban J connectivity index is 2.37. The average molecular weight is 217 g/mol. The molecule has 0 N–H and O–H groups in total. The van der Waals surface area contributed by atoms with Crippen LogP contribution in [0.5, 0.6) is 0 Å². The second kappa shape index (κ2) is 6.24. The molecule has 2 heteroatoms. The SMILES string of the molecule is C=C=C(C)CCC1=CC(C)=C1CCCN=O. The van der Waals surface area contributed by atoms with Crippen LogP contribution in [0.15, 0.2) is 45.9 Å². The Morgan fingerprint density at radius 1 is 1.50 bits per heavy atom. The minimum absolute atomic E-state index is 0.426. The van der Waals surface area contributed by atoms with Gasteiger partial charge in [-0.25, -0.2) is 0 Å². The molecule has 0 saturated carbocycles. The van der Waals surface area contributed by atoms with Crippen LogP contribution in [0.2, 0.25) is 0 Å². The van der Waals surface area contributed by atoms with Crippen molar-refractivity contribution in [3.63, 3.8) is 0 Å². The van der Waals surface area contributed by atoms with Gasteiger partial charge < -0.3 is 0 Å². The number of nitroso groups, excluding NO2 is 1. The lowest BCUT2D eigenvalue weighted by Crippen LogP contribution is -2.04. The van der Waals surface area contributed by atoms with Gasteiger partial charge >= 0.3 is 0 Å². The van der Waals surface area contributed by atoms with Crippen LogP contribution in [-0.2, 0) is 0 Å². The molecule has 16 heavy (non-hydrogen) atoms. The standard InChI is InChI=1S/C14H19NO/c1-4-11(2)7-8-13-10-12(3)14(13)6-5-9-15-16/h10H,1,5-9H2,2-3H3. The topological polar surface area (TPSA) is 29.4 Å². The molecule has 0 aliphatic heterocycles. The van der Waals surface area contributed by atoms with Gasteiger partial charge in [-0.05, 0) is 61.8 Å². The van der Waals surface area contributed by atoms with Gasteiger partial charge in [0.15, 0.2) is 0 Å². The maximum absolute atomic E-state index is 10.0. The van der Waals surface area contributed by atoms with Crippen molar-refractivity contribution in [2.45, 2.75) is 39.5 Å². The fraction of sp³-hybridized carbons (Fsp3) is 0.500. The summed E-state index contributed by atoms with van der Waals surface area (Å²) in [6.45, 7) is 8.25. The van der Waals surface area contributed by atoms with Crippen LogP contribution in [0.1, 0.15) is 39.5 Å². The first-order valence-corrected chi connectivity index (χ1v) is 5.74. The van der Waals surface area contributed by atoms with Crippen LogP contribution < -0.4 is 0 Å². The molecule has 0 radical (unpaired) electrons. The number of rotatable bonds is 7. The first-order chi connectivity index (χ1) is 7.69. The number of allylic oxidation sites excluding steroid dienone is 5. The van der Waals surface area contributed by atoms with E-state index in [1.807, 2.05) is 0 Å². The predicted molar refractivity (Wildman–Crippen MR) is 68.2 cm³/mol. The summed E-state index contributed by atoms with van der Waals surface area (Å²) in [7, 11) is 0. The average Bonchev–Trinajstić information content (AvgIpc) is 2.29. The van der Waals surface area contributed by atoms with Gasteiger partial charge in [-0.15, -0.1) is 5.73 Å². The molecule has 1 rings (SSSR count). The number of hydrogen-bond donors (Lipinski definition) is 0. The normalized spacial score (nSPS) is 14.0. The monoisotopic (exact) mass is 217 g/mol. The van der Waals surface area contributed by atoms with E-state index < -0.39 is 0 Å². The van der Waals surface area contributed by atoms with Gasteiger partial charge in [0.2, 0.25) is 0 Å². The summed E-state index contributed by atoms with van der Waals surface area (Å²) in [5.74, 6) is 0. The zero-order chi connectivity index (χ0) is 12.0. The molecule has 2 nitrogen and oxygen atoms in total. The Bertz CT molecular complexity index is 382. The van der Waals surface area contributed by atoms with Crippen LogP contribution >= 0.6 is 0 Å². The van der Waals surface area contributed by atoms with Crippen molar-refractivity contribution in [3.8, 4) is 0 Å². The zero-order valence-electron chi connectivity index (χ0n) is 10.2. The third-order valence-corrected chi connectivity index (χ3v) is 3.00. The van der Waals surface area contributed by atoms with Gasteiger partial charge in [0.25, 0.3) is 0 Å². The van der Waals surface area contributed by atoms with E-state index in [0.717, 1.165) is 25.7 Å². The van der Waals surface area contributed by atoms with Crippen molar-refractivity contribution in [1.29, 1.82) is 0 Å². The summed E-state index contributed by atoms with van der Waals surface area (Å²) >= 11 is 0. The molecule has 0 heterocycles. The Kier molecular flexibility index (Phi) is 4.94. The lowest BCUT2D eigenvalue weighted by Gasteiger charge is -2.22. The quantitative estimate of drug-likeness (QED) is 0.355. The highest BCUT2D eigenvalue weighted by molar-refractivity contribution is 5.51. The molecule has 0 saturated heterocycles. The maximum atomic E-state index is 10.0. The summed E-state index contributed by atoms with van der Waals surface area (Å²) in [5.41, 5.74) is 8.34. The fourth-order valence-electron chi connectivity index (χ4n) is 1.92. The van der Waals surface area contributed by atoms with Gasteiger partial charge in [0.05, 0.1) is 6.54 Å². The minimum Gasteiger partial charge on any atom is -0.151 e. The third kappa shape index (κ3) is 3.32. The molecule has 0 fully saturated rings. The lowest BCUT2D eigenvalue weighted by molar-refractivity contribution is 0.788. The van der Waals surface area contributed by atoms with Gasteiger partial charge in [-0.2, -0.15) is 4.91 Å². The Morgan fingerprint density at radius 3 is 2.81 bits per heavy atom. The fourth-order valence-corrected chi connectivity index (χ4v) is 1.92. The molecule has 0 atom stereocenters. The maximum Gasteiger partial charge on any atom is 0.0814 e. The van der Waals surface area contributed by atoms with Crippen molar-refractivity contribution in [1.82, 2.24) is 0 Å². The van der Waals surface area contributed by atoms with Crippen LogP contribution in [-0.4, -0.2) is 6.54 Å². The Labute approximate surface area is 97.4 Å². The molecule has 1 aliphatic carbocycles. The van der Waals surface area contributed by atoms with Crippen molar-refractivity contribution in [3.05, 3.63) is 45.6 Å². The summed E-state index contributed by atoms with van der Waals surface area (Å²) in [6, 6.07) is 0. The molecule has 0 amide bonds. The summed E-state index contributed by atoms with van der Waals surface area (Å²) in [6.07, 6.45) is 6.18. The molecule has 0 aromatic carbocycles.